The zero-order chi connectivity index (χ0) is 18.5. The lowest BCUT2D eigenvalue weighted by molar-refractivity contribution is -0.540. The van der Waals surface area contributed by atoms with E-state index < -0.39 is 26.8 Å². The molecule has 138 valence electrons. The van der Waals surface area contributed by atoms with Gasteiger partial charge in [-0.05, 0) is 32.0 Å². The van der Waals surface area contributed by atoms with Crippen molar-refractivity contribution in [3.05, 3.63) is 38.3 Å². The van der Waals surface area contributed by atoms with Crippen LogP contribution in [0.2, 0.25) is 0 Å². The van der Waals surface area contributed by atoms with Crippen molar-refractivity contribution in [2.75, 3.05) is 0 Å². The smallest absolute Gasteiger partial charge is 0.260 e. The number of nitrogens with zero attached hydrogens (tertiary/aromatic N) is 1. The van der Waals surface area contributed by atoms with E-state index in [4.69, 9.17) is 39.5 Å². The van der Waals surface area contributed by atoms with Crippen molar-refractivity contribution in [2.24, 2.45) is 5.92 Å². The monoisotopic (exact) mass is 471 g/mol. The molecule has 0 spiro atoms. The van der Waals surface area contributed by atoms with Crippen molar-refractivity contribution in [3.63, 3.8) is 0 Å². The molecule has 10 heteroatoms. The first-order valence-electron chi connectivity index (χ1n) is 7.78. The Morgan fingerprint density at radius 3 is 2.36 bits per heavy atom. The van der Waals surface area contributed by atoms with Crippen LogP contribution in [0.5, 0.6) is 5.75 Å². The van der Waals surface area contributed by atoms with Gasteiger partial charge in [-0.1, -0.05) is 50.7 Å². The summed E-state index contributed by atoms with van der Waals surface area (Å²) in [6, 6.07) is 4.22. The predicted octanol–water partition coefficient (Wildman–Crippen LogP) is 3.81. The molecule has 2 heterocycles. The highest BCUT2D eigenvalue weighted by molar-refractivity contribution is 9.10. The second-order valence-corrected chi connectivity index (χ2v) is 9.79. The molecule has 0 bridgehead atoms. The molecule has 1 saturated heterocycles. The molecule has 0 aromatic heterocycles. The van der Waals surface area contributed by atoms with E-state index in [0.717, 1.165) is 10.0 Å². The van der Waals surface area contributed by atoms with Crippen LogP contribution in [-0.4, -0.2) is 32.9 Å². The Balaban J connectivity index is 2.18. The van der Waals surface area contributed by atoms with E-state index in [9.17, 15) is 10.1 Å². The fourth-order valence-corrected chi connectivity index (χ4v) is 4.81. The summed E-state index contributed by atoms with van der Waals surface area (Å²) < 4.78 is 4.68. The number of nitrogens with one attached hydrogen (secondary N) is 2. The summed E-state index contributed by atoms with van der Waals surface area (Å²) in [6.45, 7) is 3.96. The second-order valence-electron chi connectivity index (χ2n) is 6.51. The molecule has 1 aromatic carbocycles. The lowest BCUT2D eigenvalue weighted by Crippen LogP contribution is -2.55. The number of rotatable bonds is 2. The topological polar surface area (TPSA) is 76.4 Å². The van der Waals surface area contributed by atoms with Gasteiger partial charge in [-0.3, -0.25) is 21.0 Å². The minimum Gasteiger partial charge on any atom is -0.478 e. The van der Waals surface area contributed by atoms with Gasteiger partial charge in [0.05, 0.1) is 5.92 Å². The van der Waals surface area contributed by atoms with E-state index in [1.54, 1.807) is 12.1 Å². The highest BCUT2D eigenvalue weighted by Gasteiger charge is 2.59. The SMILES string of the molecule is CC1NNC(C)C1[C@H]1c2cc(Br)ccc2O[C@@H](C(Cl)(Cl)Cl)[C@@H]1[N+](=O)[O-]. The van der Waals surface area contributed by atoms with Gasteiger partial charge in [0.15, 0.2) is 0 Å². The first-order chi connectivity index (χ1) is 11.6. The first kappa shape index (κ1) is 19.5. The van der Waals surface area contributed by atoms with Crippen LogP contribution in [0, 0.1) is 16.0 Å². The van der Waals surface area contributed by atoms with Gasteiger partial charge < -0.3 is 4.74 Å². The molecule has 25 heavy (non-hydrogen) atoms. The summed E-state index contributed by atoms with van der Waals surface area (Å²) in [6.07, 6.45) is -1.19. The maximum atomic E-state index is 12.0. The zero-order valence-electron chi connectivity index (χ0n) is 13.4. The Hall–Kier alpha value is -0.310. The fourth-order valence-electron chi connectivity index (χ4n) is 3.91. The quantitative estimate of drug-likeness (QED) is 0.388. The Morgan fingerprint density at radius 1 is 1.24 bits per heavy atom. The van der Waals surface area contributed by atoms with Crippen molar-refractivity contribution in [3.8, 4) is 5.75 Å². The molecular weight excluding hydrogens is 456 g/mol. The van der Waals surface area contributed by atoms with Crippen LogP contribution in [0.4, 0.5) is 0 Å². The lowest BCUT2D eigenvalue weighted by Gasteiger charge is -2.41. The summed E-state index contributed by atoms with van der Waals surface area (Å²) in [7, 11) is 0. The summed E-state index contributed by atoms with van der Waals surface area (Å²) in [4.78, 5) is 11.6. The number of benzene rings is 1. The van der Waals surface area contributed by atoms with Gasteiger partial charge in [-0.15, -0.1) is 0 Å². The van der Waals surface area contributed by atoms with Crippen LogP contribution in [0.25, 0.3) is 0 Å². The molecule has 2 N–H and O–H groups in total. The van der Waals surface area contributed by atoms with Crippen LogP contribution in [0.1, 0.15) is 25.3 Å². The minimum absolute atomic E-state index is 0.00316. The molecule has 2 aliphatic heterocycles. The Bertz CT molecular complexity index is 678. The van der Waals surface area contributed by atoms with Gasteiger partial charge >= 0.3 is 0 Å². The Kier molecular flexibility index (Phi) is 5.46. The number of hydrogen-bond acceptors (Lipinski definition) is 5. The third kappa shape index (κ3) is 3.59. The minimum atomic E-state index is -1.92. The molecule has 0 radical (unpaired) electrons. The van der Waals surface area contributed by atoms with Crippen molar-refractivity contribution in [1.82, 2.24) is 10.9 Å². The van der Waals surface area contributed by atoms with E-state index >= 15 is 0 Å². The highest BCUT2D eigenvalue weighted by atomic mass is 79.9. The van der Waals surface area contributed by atoms with E-state index in [1.807, 2.05) is 19.9 Å². The number of ether oxygens (including phenoxy) is 1. The number of hydrazine groups is 1. The predicted molar refractivity (Wildman–Crippen MR) is 101 cm³/mol. The van der Waals surface area contributed by atoms with Crippen LogP contribution < -0.4 is 15.6 Å². The van der Waals surface area contributed by atoms with Crippen molar-refractivity contribution < 1.29 is 9.66 Å². The second kappa shape index (κ2) is 7.02. The van der Waals surface area contributed by atoms with Crippen LogP contribution >= 0.6 is 50.7 Å². The summed E-state index contributed by atoms with van der Waals surface area (Å²) in [5, 5.41) is 12.0. The van der Waals surface area contributed by atoms with Gasteiger partial charge in [0.25, 0.3) is 6.04 Å². The lowest BCUT2D eigenvalue weighted by atomic mass is 9.72. The van der Waals surface area contributed by atoms with Gasteiger partial charge in [-0.2, -0.15) is 0 Å². The Morgan fingerprint density at radius 2 is 1.84 bits per heavy atom. The molecule has 6 nitrogen and oxygen atoms in total. The molecule has 1 fully saturated rings. The molecule has 3 rings (SSSR count). The largest absolute Gasteiger partial charge is 0.478 e. The van der Waals surface area contributed by atoms with Gasteiger partial charge in [0.2, 0.25) is 9.90 Å². The number of halogens is 4. The van der Waals surface area contributed by atoms with E-state index in [2.05, 4.69) is 26.8 Å². The van der Waals surface area contributed by atoms with E-state index in [0.29, 0.717) is 5.75 Å². The van der Waals surface area contributed by atoms with Crippen molar-refractivity contribution in [1.29, 1.82) is 0 Å². The zero-order valence-corrected chi connectivity index (χ0v) is 17.2. The fraction of sp³-hybridized carbons (Fsp3) is 0.600. The number of fused-ring (bicyclic) bond motifs is 1. The van der Waals surface area contributed by atoms with Gasteiger partial charge in [0, 0.05) is 33.0 Å². The third-order valence-electron chi connectivity index (χ3n) is 4.94. The van der Waals surface area contributed by atoms with Crippen LogP contribution in [0.3, 0.4) is 0 Å². The number of nitro groups is 1. The van der Waals surface area contributed by atoms with Gasteiger partial charge in [0.1, 0.15) is 5.75 Å². The number of alkyl halides is 3. The van der Waals surface area contributed by atoms with Crippen LogP contribution in [0.15, 0.2) is 22.7 Å². The summed E-state index contributed by atoms with van der Waals surface area (Å²) >= 11 is 21.6. The van der Waals surface area contributed by atoms with E-state index in [1.165, 1.54) is 0 Å². The van der Waals surface area contributed by atoms with Crippen molar-refractivity contribution in [2.45, 2.75) is 47.8 Å². The maximum Gasteiger partial charge on any atom is 0.260 e. The maximum absolute atomic E-state index is 12.0. The van der Waals surface area contributed by atoms with Crippen LogP contribution in [-0.2, 0) is 0 Å². The summed E-state index contributed by atoms with van der Waals surface area (Å²) in [5.74, 6) is -0.0551. The highest BCUT2D eigenvalue weighted by Crippen LogP contribution is 2.50. The van der Waals surface area contributed by atoms with Gasteiger partial charge in [-0.25, -0.2) is 0 Å². The van der Waals surface area contributed by atoms with Crippen molar-refractivity contribution >= 4 is 50.7 Å². The molecule has 2 aliphatic rings. The molecular formula is C15H17BrCl3N3O3. The Labute approximate surface area is 168 Å². The molecule has 1 aromatic rings. The molecule has 2 unspecified atom stereocenters. The molecule has 0 aliphatic carbocycles. The molecule has 0 amide bonds. The standard InChI is InChI=1S/C15H17BrCl3N3O3/c1-6-11(7(2)21-20-6)12-9-5-8(16)3-4-10(9)25-14(15(17,18)19)13(12)22(23)24/h3-7,11-14,20-21H,1-2H3/t6?,7?,11?,12-,13-,14-/m1/s1. The first-order valence-corrected chi connectivity index (χ1v) is 9.71. The van der Waals surface area contributed by atoms with E-state index in [-0.39, 0.29) is 18.0 Å². The number of hydrogen-bond donors (Lipinski definition) is 2. The normalized spacial score (nSPS) is 35.1. The third-order valence-corrected chi connectivity index (χ3v) is 6.08. The molecule has 5 atom stereocenters. The average molecular weight is 474 g/mol. The summed E-state index contributed by atoms with van der Waals surface area (Å²) in [5.41, 5.74) is 7.05. The average Bonchev–Trinajstić information content (AvgIpc) is 2.83. The molecule has 0 saturated carbocycles.